The highest BCUT2D eigenvalue weighted by atomic mass is 32.1. The highest BCUT2D eigenvalue weighted by Crippen LogP contribution is 2.10. The minimum Gasteiger partial charge on any atom is -0.467 e. The highest BCUT2D eigenvalue weighted by molar-refractivity contribution is 7.09. The number of methoxy groups -OCH3 is 1. The zero-order chi connectivity index (χ0) is 12.8. The van der Waals surface area contributed by atoms with Crippen LogP contribution in [0.15, 0.2) is 5.38 Å². The van der Waals surface area contributed by atoms with Crippen LogP contribution in [0.1, 0.15) is 22.4 Å². The van der Waals surface area contributed by atoms with Crippen LogP contribution in [0.3, 0.4) is 0 Å². The summed E-state index contributed by atoms with van der Waals surface area (Å²) in [5.41, 5.74) is 5.69. The minimum absolute atomic E-state index is 0.300. The van der Waals surface area contributed by atoms with Gasteiger partial charge in [0.1, 0.15) is 11.7 Å². The van der Waals surface area contributed by atoms with Gasteiger partial charge in [0.05, 0.1) is 12.1 Å². The number of esters is 1. The summed E-state index contributed by atoms with van der Waals surface area (Å²) in [4.78, 5) is 26.9. The third kappa shape index (κ3) is 3.79. The molecule has 1 heterocycles. The van der Waals surface area contributed by atoms with E-state index in [1.54, 1.807) is 12.3 Å². The summed E-state index contributed by atoms with van der Waals surface area (Å²) in [6.07, 6.45) is 0.643. The molecule has 0 fully saturated rings. The topological polar surface area (TPSA) is 94.3 Å². The smallest absolute Gasteiger partial charge is 0.328 e. The van der Waals surface area contributed by atoms with Crippen LogP contribution < -0.4 is 11.1 Å². The van der Waals surface area contributed by atoms with Crippen LogP contribution >= 0.6 is 11.3 Å². The number of nitrogens with one attached hydrogen (secondary N) is 1. The number of carbonyl (C=O) groups excluding carboxylic acids is 2. The molecular formula is C10H15N3O3S. The molecule has 1 aromatic rings. The summed E-state index contributed by atoms with van der Waals surface area (Å²) >= 11 is 1.38. The molecule has 17 heavy (non-hydrogen) atoms. The predicted molar refractivity (Wildman–Crippen MR) is 63.8 cm³/mol. The molecular weight excluding hydrogens is 242 g/mol. The number of hydrogen-bond acceptors (Lipinski definition) is 6. The fourth-order valence-corrected chi connectivity index (χ4v) is 1.95. The standard InChI is InChI=1S/C10H15N3O3S/c1-6(10(15)16-2)12-9(14)7-5-17-8(13-7)3-4-11/h5-6H,3-4,11H2,1-2H3,(H,12,14)/t6-/m1/s1. The molecule has 1 aromatic heterocycles. The molecule has 1 amide bonds. The molecule has 0 aliphatic carbocycles. The van der Waals surface area contributed by atoms with E-state index in [1.165, 1.54) is 18.4 Å². The molecule has 94 valence electrons. The van der Waals surface area contributed by atoms with Gasteiger partial charge in [0.15, 0.2) is 0 Å². The predicted octanol–water partition coefficient (Wildman–Crippen LogP) is -0.0644. The molecule has 0 unspecified atom stereocenters. The van der Waals surface area contributed by atoms with Gasteiger partial charge >= 0.3 is 5.97 Å². The van der Waals surface area contributed by atoms with Crippen LogP contribution in [0, 0.1) is 0 Å². The van der Waals surface area contributed by atoms with E-state index in [0.717, 1.165) is 5.01 Å². The minimum atomic E-state index is -0.688. The Morgan fingerprint density at radius 2 is 2.35 bits per heavy atom. The van der Waals surface area contributed by atoms with Gasteiger partial charge in [0, 0.05) is 11.8 Å². The van der Waals surface area contributed by atoms with Gasteiger partial charge in [-0.25, -0.2) is 9.78 Å². The third-order valence-corrected chi connectivity index (χ3v) is 2.95. The molecule has 0 aromatic carbocycles. The third-order valence-electron chi connectivity index (χ3n) is 2.04. The molecule has 0 bridgehead atoms. The Hall–Kier alpha value is -1.47. The van der Waals surface area contributed by atoms with Crippen molar-refractivity contribution in [1.82, 2.24) is 10.3 Å². The summed E-state index contributed by atoms with van der Waals surface area (Å²) in [5.74, 6) is -0.877. The number of rotatable bonds is 5. The molecule has 0 saturated carbocycles. The van der Waals surface area contributed by atoms with Gasteiger partial charge in [-0.2, -0.15) is 0 Å². The average molecular weight is 257 g/mol. The van der Waals surface area contributed by atoms with Gasteiger partial charge in [0.25, 0.3) is 5.91 Å². The molecule has 3 N–H and O–H groups in total. The van der Waals surface area contributed by atoms with Crippen molar-refractivity contribution in [2.45, 2.75) is 19.4 Å². The Morgan fingerprint density at radius 3 is 2.94 bits per heavy atom. The van der Waals surface area contributed by atoms with Crippen LogP contribution in [0.25, 0.3) is 0 Å². The van der Waals surface area contributed by atoms with Gasteiger partial charge in [0.2, 0.25) is 0 Å². The van der Waals surface area contributed by atoms with Gasteiger partial charge in [-0.1, -0.05) is 0 Å². The van der Waals surface area contributed by atoms with Crippen LogP contribution in [0.4, 0.5) is 0 Å². The van der Waals surface area contributed by atoms with Gasteiger partial charge < -0.3 is 15.8 Å². The normalized spacial score (nSPS) is 11.9. The monoisotopic (exact) mass is 257 g/mol. The SMILES string of the molecule is COC(=O)[C@@H](C)NC(=O)c1csc(CCN)n1. The number of nitrogens with two attached hydrogens (primary N) is 1. The lowest BCUT2D eigenvalue weighted by atomic mass is 10.3. The first-order chi connectivity index (χ1) is 8.08. The molecule has 0 radical (unpaired) electrons. The van der Waals surface area contributed by atoms with E-state index in [9.17, 15) is 9.59 Å². The lowest BCUT2D eigenvalue weighted by Gasteiger charge is -2.09. The summed E-state index contributed by atoms with van der Waals surface area (Å²) in [5, 5.41) is 4.95. The summed E-state index contributed by atoms with van der Waals surface area (Å²) < 4.78 is 4.50. The van der Waals surface area contributed by atoms with E-state index in [-0.39, 0.29) is 5.91 Å². The second-order valence-corrected chi connectivity index (χ2v) is 4.33. The van der Waals surface area contributed by atoms with Crippen molar-refractivity contribution in [3.8, 4) is 0 Å². The second kappa shape index (κ2) is 6.31. The lowest BCUT2D eigenvalue weighted by Crippen LogP contribution is -2.39. The number of thiazole rings is 1. The molecule has 1 rings (SSSR count). The number of hydrogen-bond donors (Lipinski definition) is 2. The molecule has 6 nitrogen and oxygen atoms in total. The highest BCUT2D eigenvalue weighted by Gasteiger charge is 2.18. The molecule has 0 aliphatic rings. The Balaban J connectivity index is 2.60. The van der Waals surface area contributed by atoms with Gasteiger partial charge in [-0.05, 0) is 13.5 Å². The summed E-state index contributed by atoms with van der Waals surface area (Å²) in [6.45, 7) is 2.05. The number of carbonyl (C=O) groups is 2. The van der Waals surface area contributed by atoms with E-state index in [2.05, 4.69) is 15.0 Å². The zero-order valence-electron chi connectivity index (χ0n) is 9.73. The number of amides is 1. The molecule has 0 spiro atoms. The van der Waals surface area contributed by atoms with Gasteiger partial charge in [-0.15, -0.1) is 11.3 Å². The maximum atomic E-state index is 11.7. The fraction of sp³-hybridized carbons (Fsp3) is 0.500. The molecule has 0 saturated heterocycles. The fourth-order valence-electron chi connectivity index (χ4n) is 1.16. The van der Waals surface area contributed by atoms with E-state index >= 15 is 0 Å². The van der Waals surface area contributed by atoms with Crippen molar-refractivity contribution < 1.29 is 14.3 Å². The Morgan fingerprint density at radius 1 is 1.65 bits per heavy atom. The van der Waals surface area contributed by atoms with Crippen LogP contribution in [-0.2, 0) is 16.0 Å². The van der Waals surface area contributed by atoms with Crippen molar-refractivity contribution in [3.63, 3.8) is 0 Å². The molecule has 0 aliphatic heterocycles. The van der Waals surface area contributed by atoms with E-state index in [0.29, 0.717) is 18.7 Å². The van der Waals surface area contributed by atoms with Crippen LogP contribution in [-0.4, -0.2) is 36.6 Å². The van der Waals surface area contributed by atoms with Crippen molar-refractivity contribution in [1.29, 1.82) is 0 Å². The van der Waals surface area contributed by atoms with Crippen LogP contribution in [0.2, 0.25) is 0 Å². The summed E-state index contributed by atoms with van der Waals surface area (Å²) in [7, 11) is 1.27. The molecule has 1 atom stereocenters. The molecule has 7 heteroatoms. The van der Waals surface area contributed by atoms with E-state index in [1.807, 2.05) is 0 Å². The Bertz CT molecular complexity index is 405. The van der Waals surface area contributed by atoms with Gasteiger partial charge in [-0.3, -0.25) is 4.79 Å². The van der Waals surface area contributed by atoms with E-state index in [4.69, 9.17) is 5.73 Å². The van der Waals surface area contributed by atoms with Crippen molar-refractivity contribution >= 4 is 23.2 Å². The van der Waals surface area contributed by atoms with Crippen LogP contribution in [0.5, 0.6) is 0 Å². The largest absolute Gasteiger partial charge is 0.467 e. The number of nitrogens with zero attached hydrogens (tertiary/aromatic N) is 1. The summed E-state index contributed by atoms with van der Waals surface area (Å²) in [6, 6.07) is -0.688. The first-order valence-corrected chi connectivity index (χ1v) is 5.99. The first kappa shape index (κ1) is 13.6. The quantitative estimate of drug-likeness (QED) is 0.720. The average Bonchev–Trinajstić information content (AvgIpc) is 2.77. The lowest BCUT2D eigenvalue weighted by molar-refractivity contribution is -0.142. The zero-order valence-corrected chi connectivity index (χ0v) is 10.5. The van der Waals surface area contributed by atoms with Crippen molar-refractivity contribution in [2.75, 3.05) is 13.7 Å². The van der Waals surface area contributed by atoms with Crippen molar-refractivity contribution in [2.24, 2.45) is 5.73 Å². The maximum Gasteiger partial charge on any atom is 0.328 e. The number of ether oxygens (including phenoxy) is 1. The second-order valence-electron chi connectivity index (χ2n) is 3.38. The first-order valence-electron chi connectivity index (χ1n) is 5.11. The van der Waals surface area contributed by atoms with E-state index < -0.39 is 12.0 Å². The Kier molecular flexibility index (Phi) is 5.05. The number of aromatic nitrogens is 1. The van der Waals surface area contributed by atoms with Crippen molar-refractivity contribution in [3.05, 3.63) is 16.1 Å². The Labute approximate surface area is 103 Å². The maximum absolute atomic E-state index is 11.7.